The van der Waals surface area contributed by atoms with Crippen LogP contribution >= 0.6 is 0 Å². The molecule has 12 heteroatoms. The quantitative estimate of drug-likeness (QED) is 0.0918. The number of benzene rings is 8. The zero-order valence-electron chi connectivity index (χ0n) is 49.5. The summed E-state index contributed by atoms with van der Waals surface area (Å²) in [6, 6.07) is 51.4. The average molecular weight is 1120 g/mol. The van der Waals surface area contributed by atoms with E-state index in [1.807, 2.05) is 137 Å². The second-order valence-electron chi connectivity index (χ2n) is 22.4. The first-order chi connectivity index (χ1) is 40.6. The highest BCUT2D eigenvalue weighted by molar-refractivity contribution is 6.04. The molecule has 12 rings (SSSR count). The van der Waals surface area contributed by atoms with Crippen LogP contribution in [0.4, 0.5) is 34.1 Å². The molecule has 2 amide bonds. The van der Waals surface area contributed by atoms with E-state index in [1.54, 1.807) is 21.9 Å². The Kier molecular flexibility index (Phi) is 14.0. The number of anilines is 6. The Labute approximate surface area is 492 Å². The van der Waals surface area contributed by atoms with Crippen LogP contribution in [0.1, 0.15) is 151 Å². The number of hydrogen-bond donors (Lipinski definition) is 0. The van der Waals surface area contributed by atoms with Crippen molar-refractivity contribution in [2.24, 2.45) is 0 Å². The molecule has 12 nitrogen and oxygen atoms in total. The molecule has 84 heavy (non-hydrogen) atoms. The van der Waals surface area contributed by atoms with Gasteiger partial charge in [-0.3, -0.25) is 19.4 Å². The SMILES string of the molecule is CCC(=O)N(c1ccc(C(C)(CC)c2ccc(N(C(=O)CC)c3cc4c(cc3C)Oc3cc(N(CC)CC)ccc3C43OC(=O)c4ccccc43)cc2)cc1)c1cc2c(cc1C)Oc1cc(N(CC)CC)ccc1C21OC(=O)c2ccccc21. The number of aryl methyl sites for hydroxylation is 2. The van der Waals surface area contributed by atoms with E-state index in [0.717, 1.165) is 77.4 Å². The summed E-state index contributed by atoms with van der Waals surface area (Å²) in [6.07, 6.45) is 1.21. The van der Waals surface area contributed by atoms with Crippen LogP contribution < -0.4 is 29.1 Å². The Morgan fingerprint density at radius 2 is 0.786 bits per heavy atom. The monoisotopic (exact) mass is 1120 g/mol. The number of hydrogen-bond acceptors (Lipinski definition) is 10. The molecule has 2 unspecified atom stereocenters. The summed E-state index contributed by atoms with van der Waals surface area (Å²) < 4.78 is 26.8. The maximum Gasteiger partial charge on any atom is 0.340 e. The summed E-state index contributed by atoms with van der Waals surface area (Å²) >= 11 is 0. The van der Waals surface area contributed by atoms with Gasteiger partial charge in [-0.15, -0.1) is 0 Å². The molecule has 0 fully saturated rings. The highest BCUT2D eigenvalue weighted by Crippen LogP contribution is 2.60. The molecule has 0 saturated heterocycles. The predicted molar refractivity (Wildman–Crippen MR) is 330 cm³/mol. The fourth-order valence-corrected chi connectivity index (χ4v) is 13.3. The van der Waals surface area contributed by atoms with Crippen molar-refractivity contribution in [3.8, 4) is 23.0 Å². The van der Waals surface area contributed by atoms with Gasteiger partial charge in [0.05, 0.1) is 22.5 Å². The topological polar surface area (TPSA) is 118 Å². The molecular weight excluding hydrogens is 1050 g/mol. The van der Waals surface area contributed by atoms with Gasteiger partial charge in [0.2, 0.25) is 11.8 Å². The number of esters is 2. The third kappa shape index (κ3) is 8.38. The number of amides is 2. The van der Waals surface area contributed by atoms with Crippen molar-refractivity contribution in [1.29, 1.82) is 0 Å². The molecular formula is C72H70N4O8. The highest BCUT2D eigenvalue weighted by atomic mass is 16.6. The molecule has 4 aliphatic rings. The molecule has 0 aromatic heterocycles. The van der Waals surface area contributed by atoms with Gasteiger partial charge in [-0.2, -0.15) is 0 Å². The fourth-order valence-electron chi connectivity index (χ4n) is 13.3. The minimum absolute atomic E-state index is 0.107. The number of nitrogens with zero attached hydrogens (tertiary/aromatic N) is 4. The van der Waals surface area contributed by atoms with Crippen LogP contribution in [-0.4, -0.2) is 49.9 Å². The summed E-state index contributed by atoms with van der Waals surface area (Å²) in [5.41, 5.74) is 10.4. The maximum atomic E-state index is 14.4. The molecule has 4 aliphatic heterocycles. The van der Waals surface area contributed by atoms with Crippen molar-refractivity contribution < 1.29 is 38.1 Å². The normalized spacial score (nSPS) is 17.3. The van der Waals surface area contributed by atoms with Gasteiger partial charge >= 0.3 is 11.9 Å². The van der Waals surface area contributed by atoms with E-state index >= 15 is 0 Å². The lowest BCUT2D eigenvalue weighted by molar-refractivity contribution is -0.118. The van der Waals surface area contributed by atoms with Gasteiger partial charge < -0.3 is 28.7 Å². The standard InChI is InChI=1S/C72H70N4O8/c1-11-66(77)75(60-42-58-62(38-44(60)8)81-64-40-50(73(14-4)15-5)34-36-56(64)71(58)54-24-20-18-22-52(54)68(79)83-71)48-30-26-46(27-31-48)70(10,13-3)47-28-32-49(33-29-47)76(67(78)12-2)61-43-59-63(39-45(61)9)82-65-41-51(74(16-6)17-7)35-37-57(65)72(59)55-25-21-19-23-53(55)69(80)84-72/h18-43H,11-17H2,1-10H3. The van der Waals surface area contributed by atoms with Crippen molar-refractivity contribution in [1.82, 2.24) is 0 Å². The largest absolute Gasteiger partial charge is 0.456 e. The van der Waals surface area contributed by atoms with Crippen LogP contribution in [0.2, 0.25) is 0 Å². The second-order valence-corrected chi connectivity index (χ2v) is 22.4. The zero-order chi connectivity index (χ0) is 59.0. The average Bonchev–Trinajstić information content (AvgIpc) is 2.03. The first kappa shape index (κ1) is 55.4. The first-order valence-electron chi connectivity index (χ1n) is 29.6. The zero-order valence-corrected chi connectivity index (χ0v) is 49.5. The lowest BCUT2D eigenvalue weighted by Gasteiger charge is -2.38. The minimum atomic E-state index is -1.33. The van der Waals surface area contributed by atoms with E-state index in [1.165, 1.54) is 0 Å². The van der Waals surface area contributed by atoms with E-state index in [0.29, 0.717) is 79.1 Å². The van der Waals surface area contributed by atoms with Crippen molar-refractivity contribution in [2.75, 3.05) is 45.8 Å². The second kappa shape index (κ2) is 21.2. The Balaban J connectivity index is 0.891. The van der Waals surface area contributed by atoms with Gasteiger partial charge in [-0.25, -0.2) is 9.59 Å². The number of fused-ring (bicyclic) bond motifs is 12. The molecule has 4 heterocycles. The van der Waals surface area contributed by atoms with Gasteiger partial charge in [-0.1, -0.05) is 88.4 Å². The summed E-state index contributed by atoms with van der Waals surface area (Å²) in [7, 11) is 0. The lowest BCUT2D eigenvalue weighted by atomic mass is 9.74. The van der Waals surface area contributed by atoms with E-state index in [-0.39, 0.29) is 24.7 Å². The summed E-state index contributed by atoms with van der Waals surface area (Å²) in [6.45, 7) is 23.8. The van der Waals surface area contributed by atoms with Crippen LogP contribution in [0, 0.1) is 13.8 Å². The predicted octanol–water partition coefficient (Wildman–Crippen LogP) is 16.0. The van der Waals surface area contributed by atoms with E-state index in [9.17, 15) is 19.2 Å². The molecule has 0 radical (unpaired) electrons. The smallest absolute Gasteiger partial charge is 0.340 e. The van der Waals surface area contributed by atoms with Gasteiger partial charge in [0.25, 0.3) is 0 Å². The van der Waals surface area contributed by atoms with Gasteiger partial charge in [0.1, 0.15) is 23.0 Å². The summed E-state index contributed by atoms with van der Waals surface area (Å²) in [5, 5.41) is 0. The number of carbonyl (C=O) groups is 4. The Morgan fingerprint density at radius 3 is 1.14 bits per heavy atom. The van der Waals surface area contributed by atoms with Crippen molar-refractivity contribution in [2.45, 2.75) is 105 Å². The van der Waals surface area contributed by atoms with Gasteiger partial charge in [0, 0.05) is 113 Å². The molecule has 426 valence electrons. The van der Waals surface area contributed by atoms with Crippen LogP contribution in [0.5, 0.6) is 23.0 Å². The number of ether oxygens (including phenoxy) is 4. The van der Waals surface area contributed by atoms with Crippen LogP contribution in [0.15, 0.2) is 158 Å². The van der Waals surface area contributed by atoms with E-state index in [2.05, 4.69) is 87.7 Å². The third-order valence-electron chi connectivity index (χ3n) is 18.1. The fraction of sp³-hybridized carbons (Fsp3) is 0.278. The van der Waals surface area contributed by atoms with Crippen LogP contribution in [-0.2, 0) is 35.7 Å². The Morgan fingerprint density at radius 1 is 0.429 bits per heavy atom. The van der Waals surface area contributed by atoms with E-state index in [4.69, 9.17) is 18.9 Å². The van der Waals surface area contributed by atoms with Crippen LogP contribution in [0.3, 0.4) is 0 Å². The number of rotatable bonds is 15. The lowest BCUT2D eigenvalue weighted by Crippen LogP contribution is -2.34. The first-order valence-corrected chi connectivity index (χ1v) is 29.6. The molecule has 2 atom stereocenters. The van der Waals surface area contributed by atoms with Gasteiger partial charge in [-0.05, 0) is 155 Å². The highest BCUT2D eigenvalue weighted by Gasteiger charge is 2.56. The summed E-state index contributed by atoms with van der Waals surface area (Å²) in [4.78, 5) is 64.7. The van der Waals surface area contributed by atoms with Crippen molar-refractivity contribution >= 4 is 57.9 Å². The molecule has 2 spiro atoms. The molecule has 0 aliphatic carbocycles. The number of carbonyl (C=O) groups excluding carboxylic acids is 4. The van der Waals surface area contributed by atoms with Gasteiger partial charge in [0.15, 0.2) is 11.2 Å². The van der Waals surface area contributed by atoms with Crippen LogP contribution in [0.25, 0.3) is 0 Å². The summed E-state index contributed by atoms with van der Waals surface area (Å²) in [5.74, 6) is 1.26. The molecule has 8 aromatic carbocycles. The Hall–Kier alpha value is -9.16. The molecule has 0 bridgehead atoms. The molecule has 8 aromatic rings. The molecule has 0 N–H and O–H groups in total. The third-order valence-corrected chi connectivity index (χ3v) is 18.1. The Bertz CT molecular complexity index is 3720. The van der Waals surface area contributed by atoms with E-state index < -0.39 is 28.6 Å². The molecule has 0 saturated carbocycles. The minimum Gasteiger partial charge on any atom is -0.456 e. The van der Waals surface area contributed by atoms with Crippen molar-refractivity contribution in [3.05, 3.63) is 224 Å². The maximum absolute atomic E-state index is 14.4. The van der Waals surface area contributed by atoms with Crippen molar-refractivity contribution in [3.63, 3.8) is 0 Å².